The minimum absolute atomic E-state index is 0. The van der Waals surface area contributed by atoms with E-state index in [-0.39, 0.29) is 52.7 Å². The van der Waals surface area contributed by atoms with E-state index in [9.17, 15) is 0 Å². The van der Waals surface area contributed by atoms with Crippen molar-refractivity contribution >= 4 is 9.29 Å². The minimum atomic E-state index is -1.42. The predicted octanol–water partition coefficient (Wildman–Crippen LogP) is -0.914. The fourth-order valence-electron chi connectivity index (χ4n) is 0. The summed E-state index contributed by atoms with van der Waals surface area (Å²) in [7, 11) is -1.42. The van der Waals surface area contributed by atoms with Crippen molar-refractivity contribution in [1.29, 1.82) is 0 Å². The topological polar surface area (TPSA) is 92.6 Å². The van der Waals surface area contributed by atoms with Gasteiger partial charge in [-0.25, -0.2) is 0 Å². The van der Waals surface area contributed by atoms with E-state index in [0.717, 1.165) is 0 Å². The van der Waals surface area contributed by atoms with E-state index in [1.165, 1.54) is 0 Å². The van der Waals surface area contributed by atoms with Gasteiger partial charge in [-0.3, -0.25) is 8.92 Å². The molecule has 0 fully saturated rings. The van der Waals surface area contributed by atoms with Crippen LogP contribution in [0.5, 0.6) is 0 Å². The molecule has 1 radical (unpaired) electrons. The van der Waals surface area contributed by atoms with Gasteiger partial charge in [0.25, 0.3) is 0 Å². The van der Waals surface area contributed by atoms with E-state index in [4.69, 9.17) is 8.92 Å². The molecule has 0 heterocycles. The van der Waals surface area contributed by atoms with Crippen LogP contribution >= 0.6 is 0 Å². The molecule has 0 atom stereocenters. The molecule has 4 nitrogen and oxygen atoms in total. The minimum Gasteiger partial charge on any atom is -2.00 e. The first-order valence-electron chi connectivity index (χ1n) is 0.408. The van der Waals surface area contributed by atoms with Crippen LogP contribution in [0.2, 0.25) is 0 Å². The van der Waals surface area contributed by atoms with Crippen molar-refractivity contribution in [3.8, 4) is 0 Å². The van der Waals surface area contributed by atoms with Crippen molar-refractivity contribution in [2.75, 3.05) is 0 Å². The fourth-order valence-corrected chi connectivity index (χ4v) is 0. The summed E-state index contributed by atoms with van der Waals surface area (Å²) in [5, 5.41) is 0. The Hall–Kier alpha value is 1.11. The third kappa shape index (κ3) is 69.8. The summed E-state index contributed by atoms with van der Waals surface area (Å²) in [5.41, 5.74) is 0. The van der Waals surface area contributed by atoms with Gasteiger partial charge in [-0.2, -0.15) is 0 Å². The zero-order valence-corrected chi connectivity index (χ0v) is 6.81. The van der Waals surface area contributed by atoms with Gasteiger partial charge in [-0.1, -0.05) is 0 Å². The van der Waals surface area contributed by atoms with Crippen LogP contribution in [0.3, 0.4) is 0 Å². The quantitative estimate of drug-likeness (QED) is 0.507. The van der Waals surface area contributed by atoms with Crippen LogP contribution in [-0.4, -0.2) is 14.8 Å². The second kappa shape index (κ2) is 35.8. The van der Waals surface area contributed by atoms with Crippen molar-refractivity contribution < 1.29 is 61.6 Å². The molecule has 0 aromatic carbocycles. The number of hydrogen-bond acceptors (Lipinski definition) is 3. The molecule has 0 saturated carbocycles. The smallest absolute Gasteiger partial charge is 2.00 e. The van der Waals surface area contributed by atoms with Crippen molar-refractivity contribution in [1.82, 2.24) is 0 Å². The third-order valence-corrected chi connectivity index (χ3v) is 0. The zero-order valence-electron chi connectivity index (χ0n) is 2.67. The van der Waals surface area contributed by atoms with Gasteiger partial charge in [0, 0.05) is 0 Å². The molecule has 0 aliphatic rings. The molecule has 0 unspecified atom stereocenters. The van der Waals surface area contributed by atoms with E-state index in [1.807, 2.05) is 0 Å². The van der Waals surface area contributed by atoms with Gasteiger partial charge in [0.1, 0.15) is 0 Å². The molecule has 0 bridgehead atoms. The molecular weight excluding hydrogens is 232 g/mol. The van der Waals surface area contributed by atoms with Crippen LogP contribution in [0, 0.1) is 41.7 Å². The summed E-state index contributed by atoms with van der Waals surface area (Å²) < 4.78 is 16.8. The van der Waals surface area contributed by atoms with Crippen LogP contribution in [-0.2, 0) is 14.4 Å². The average Bonchev–Trinajstić information content (AvgIpc) is 0.918. The van der Waals surface area contributed by atoms with Crippen LogP contribution < -0.4 is 0 Å². The normalized spacial score (nSPS) is 1.33. The van der Waals surface area contributed by atoms with E-state index >= 15 is 0 Å². The first kappa shape index (κ1) is 27.4. The standard InChI is InChI=1S/Ce.O2Si.H2O.O/c;1-3-2;;/h;;1H2;/q+3;;;-2/p-1. The number of hydrogen-bond donors (Lipinski definition) is 0. The molecule has 33 valence electrons. The Kier molecular flexibility index (Phi) is 164. The summed E-state index contributed by atoms with van der Waals surface area (Å²) in [6.45, 7) is 0. The van der Waals surface area contributed by atoms with Gasteiger partial charge in [-0.05, 0) is 0 Å². The molecule has 0 saturated heterocycles. The largest absolute Gasteiger partial charge is 3.00 e. The van der Waals surface area contributed by atoms with E-state index in [0.29, 0.717) is 0 Å². The maximum Gasteiger partial charge on any atom is 3.00 e. The maximum atomic E-state index is 8.40. The van der Waals surface area contributed by atoms with Gasteiger partial charge in [0.05, 0.1) is 0 Å². The second-order valence-electron chi connectivity index (χ2n) is 0.0833. The Morgan fingerprint density at radius 1 is 1.17 bits per heavy atom. The molecule has 6 heavy (non-hydrogen) atoms. The van der Waals surface area contributed by atoms with Gasteiger partial charge in [-0.15, -0.1) is 0 Å². The van der Waals surface area contributed by atoms with E-state index in [2.05, 4.69) is 0 Å². The molecule has 0 amide bonds. The van der Waals surface area contributed by atoms with Gasteiger partial charge < -0.3 is 11.0 Å². The second-order valence-corrected chi connectivity index (χ2v) is 0.250. The van der Waals surface area contributed by atoms with Crippen LogP contribution in [0.25, 0.3) is 0 Å². The fraction of sp³-hybridized carbons (Fsp3) is 0. The van der Waals surface area contributed by atoms with E-state index in [1.54, 1.807) is 0 Å². The summed E-state index contributed by atoms with van der Waals surface area (Å²) in [6, 6.07) is 0. The maximum absolute atomic E-state index is 8.40. The molecular formula is HCeO4Si. The molecule has 0 aliphatic carbocycles. The molecule has 1 N–H and O–H groups in total. The van der Waals surface area contributed by atoms with Crippen molar-refractivity contribution in [3.05, 3.63) is 0 Å². The van der Waals surface area contributed by atoms with Gasteiger partial charge in [0.2, 0.25) is 0 Å². The van der Waals surface area contributed by atoms with Crippen LogP contribution in [0.4, 0.5) is 0 Å². The molecule has 0 aromatic rings. The van der Waals surface area contributed by atoms with Crippen LogP contribution in [0.1, 0.15) is 0 Å². The summed E-state index contributed by atoms with van der Waals surface area (Å²) in [4.78, 5) is 0. The predicted molar refractivity (Wildman–Crippen MR) is 9.75 cm³/mol. The molecule has 6 heteroatoms. The van der Waals surface area contributed by atoms with Crippen molar-refractivity contribution in [2.45, 2.75) is 0 Å². The Bertz CT molecular complexity index is 28.5. The van der Waals surface area contributed by atoms with Crippen LogP contribution in [0.15, 0.2) is 0 Å². The zero-order chi connectivity index (χ0) is 2.71. The SMILES string of the molecule is O=[Si]=O.[Ce+3].[O-2].[OH-]. The molecule has 0 aliphatic heterocycles. The first-order valence-corrected chi connectivity index (χ1v) is 1.22. The Morgan fingerprint density at radius 3 is 1.17 bits per heavy atom. The molecule has 0 spiro atoms. The van der Waals surface area contributed by atoms with Crippen molar-refractivity contribution in [3.63, 3.8) is 0 Å². The van der Waals surface area contributed by atoms with Gasteiger partial charge >= 0.3 is 51.0 Å². The van der Waals surface area contributed by atoms with Gasteiger partial charge in [0.15, 0.2) is 0 Å². The monoisotopic (exact) mass is 233 g/mol. The average molecular weight is 233 g/mol. The summed E-state index contributed by atoms with van der Waals surface area (Å²) >= 11 is 0. The molecule has 0 aromatic heterocycles. The number of rotatable bonds is 0. The third-order valence-electron chi connectivity index (χ3n) is 0. The first-order chi connectivity index (χ1) is 1.41. The summed E-state index contributed by atoms with van der Waals surface area (Å²) in [5.74, 6) is 0. The summed E-state index contributed by atoms with van der Waals surface area (Å²) in [6.07, 6.45) is 0. The Morgan fingerprint density at radius 2 is 1.17 bits per heavy atom. The van der Waals surface area contributed by atoms with E-state index < -0.39 is 9.29 Å². The Labute approximate surface area is 70.2 Å². The Balaban J connectivity index is -0.00000000667. The van der Waals surface area contributed by atoms with Crippen molar-refractivity contribution in [2.24, 2.45) is 0 Å². The molecule has 0 rings (SSSR count).